The lowest BCUT2D eigenvalue weighted by Gasteiger charge is -2.36. The number of rotatable bonds is 6. The molecule has 6 heteroatoms. The van der Waals surface area contributed by atoms with Crippen LogP contribution in [0.1, 0.15) is 50.2 Å². The van der Waals surface area contributed by atoms with Crippen molar-refractivity contribution in [3.05, 3.63) is 70.0 Å². The molecule has 168 valence electrons. The number of hydrogen-bond acceptors (Lipinski definition) is 3. The number of anilines is 1. The second kappa shape index (κ2) is 10.2. The van der Waals surface area contributed by atoms with E-state index in [9.17, 15) is 4.79 Å². The average molecular weight is 450 g/mol. The van der Waals surface area contributed by atoms with Crippen LogP contribution < -0.4 is 15.6 Å². The quantitative estimate of drug-likeness (QED) is 0.468. The number of aryl methyl sites for hydroxylation is 1. The minimum absolute atomic E-state index is 0.0449. The van der Waals surface area contributed by atoms with Gasteiger partial charge in [-0.05, 0) is 80.2 Å². The molecular formula is C26H31N3O2S. The number of pyridine rings is 1. The fourth-order valence-electron chi connectivity index (χ4n) is 4.49. The number of nitrogens with one attached hydrogen (secondary N) is 2. The second-order valence-electron chi connectivity index (χ2n) is 8.47. The number of para-hydroxylation sites is 1. The largest absolute Gasteiger partial charge is 0.494 e. The van der Waals surface area contributed by atoms with Gasteiger partial charge in [-0.15, -0.1) is 0 Å². The topological polar surface area (TPSA) is 57.4 Å². The van der Waals surface area contributed by atoms with Crippen molar-refractivity contribution in [2.75, 3.05) is 11.9 Å². The van der Waals surface area contributed by atoms with E-state index < -0.39 is 0 Å². The van der Waals surface area contributed by atoms with Crippen molar-refractivity contribution in [2.45, 2.75) is 58.5 Å². The predicted molar refractivity (Wildman–Crippen MR) is 136 cm³/mol. The number of aromatic amines is 1. The van der Waals surface area contributed by atoms with Gasteiger partial charge in [0.05, 0.1) is 18.7 Å². The van der Waals surface area contributed by atoms with Crippen LogP contribution in [-0.4, -0.2) is 27.6 Å². The molecule has 5 nitrogen and oxygen atoms in total. The lowest BCUT2D eigenvalue weighted by molar-refractivity contribution is 0.240. The van der Waals surface area contributed by atoms with Gasteiger partial charge in [-0.2, -0.15) is 0 Å². The molecule has 1 fully saturated rings. The molecule has 1 aliphatic rings. The Bertz CT molecular complexity index is 1130. The second-order valence-corrected chi connectivity index (χ2v) is 8.86. The van der Waals surface area contributed by atoms with E-state index in [2.05, 4.69) is 15.2 Å². The van der Waals surface area contributed by atoms with E-state index in [0.717, 1.165) is 46.3 Å². The Morgan fingerprint density at radius 3 is 2.62 bits per heavy atom. The van der Waals surface area contributed by atoms with Crippen LogP contribution in [0.4, 0.5) is 5.69 Å². The van der Waals surface area contributed by atoms with Crippen LogP contribution in [0.25, 0.3) is 10.9 Å². The summed E-state index contributed by atoms with van der Waals surface area (Å²) in [6, 6.07) is 16.3. The van der Waals surface area contributed by atoms with E-state index in [1.54, 1.807) is 0 Å². The van der Waals surface area contributed by atoms with Gasteiger partial charge in [-0.25, -0.2) is 0 Å². The molecule has 1 heterocycles. The summed E-state index contributed by atoms with van der Waals surface area (Å²) in [6.45, 7) is 5.12. The van der Waals surface area contributed by atoms with Gasteiger partial charge in [0.15, 0.2) is 5.11 Å². The summed E-state index contributed by atoms with van der Waals surface area (Å²) in [5, 5.41) is 5.09. The van der Waals surface area contributed by atoms with Gasteiger partial charge >= 0.3 is 0 Å². The van der Waals surface area contributed by atoms with Gasteiger partial charge in [0.25, 0.3) is 5.56 Å². The van der Waals surface area contributed by atoms with Crippen molar-refractivity contribution in [3.8, 4) is 5.75 Å². The fraction of sp³-hybridized carbons (Fsp3) is 0.385. The maximum absolute atomic E-state index is 12.9. The van der Waals surface area contributed by atoms with E-state index in [-0.39, 0.29) is 5.56 Å². The van der Waals surface area contributed by atoms with E-state index in [0.29, 0.717) is 24.3 Å². The van der Waals surface area contributed by atoms with Crippen molar-refractivity contribution >= 4 is 33.9 Å². The zero-order chi connectivity index (χ0) is 22.5. The number of H-pyrrole nitrogens is 1. The third kappa shape index (κ3) is 5.13. The highest BCUT2D eigenvalue weighted by atomic mass is 32.1. The molecule has 2 N–H and O–H groups in total. The first-order chi connectivity index (χ1) is 15.5. The fourth-order valence-corrected chi connectivity index (χ4v) is 4.82. The normalized spacial score (nSPS) is 14.3. The minimum atomic E-state index is -0.0449. The van der Waals surface area contributed by atoms with Gasteiger partial charge in [-0.1, -0.05) is 37.5 Å². The lowest BCUT2D eigenvalue weighted by atomic mass is 9.94. The molecule has 0 atom stereocenters. The van der Waals surface area contributed by atoms with Crippen LogP contribution >= 0.6 is 12.2 Å². The van der Waals surface area contributed by atoms with E-state index in [4.69, 9.17) is 17.0 Å². The van der Waals surface area contributed by atoms with Gasteiger partial charge < -0.3 is 19.9 Å². The maximum Gasteiger partial charge on any atom is 0.253 e. The van der Waals surface area contributed by atoms with E-state index >= 15 is 0 Å². The molecule has 0 saturated heterocycles. The zero-order valence-corrected chi connectivity index (χ0v) is 19.6. The third-order valence-electron chi connectivity index (χ3n) is 6.20. The van der Waals surface area contributed by atoms with Crippen molar-refractivity contribution in [1.29, 1.82) is 0 Å². The molecule has 2 aromatic carbocycles. The van der Waals surface area contributed by atoms with Gasteiger partial charge in [-0.3, -0.25) is 4.79 Å². The Hall–Kier alpha value is -2.86. The molecule has 32 heavy (non-hydrogen) atoms. The Balaban J connectivity index is 1.59. The van der Waals surface area contributed by atoms with Crippen LogP contribution in [0.15, 0.2) is 53.3 Å². The van der Waals surface area contributed by atoms with Gasteiger partial charge in [0.1, 0.15) is 5.75 Å². The summed E-state index contributed by atoms with van der Waals surface area (Å²) in [5.41, 5.74) is 3.59. The van der Waals surface area contributed by atoms with Crippen LogP contribution in [-0.2, 0) is 6.54 Å². The number of nitrogens with zero attached hydrogens (tertiary/aromatic N) is 1. The molecule has 0 bridgehead atoms. The monoisotopic (exact) mass is 449 g/mol. The highest BCUT2D eigenvalue weighted by Crippen LogP contribution is 2.26. The first kappa shape index (κ1) is 22.3. The zero-order valence-electron chi connectivity index (χ0n) is 18.8. The van der Waals surface area contributed by atoms with Gasteiger partial charge in [0, 0.05) is 17.3 Å². The molecular weight excluding hydrogens is 418 g/mol. The highest BCUT2D eigenvalue weighted by Gasteiger charge is 2.24. The number of thiocarbonyl (C=S) groups is 1. The molecule has 0 aliphatic heterocycles. The molecule has 0 spiro atoms. The molecule has 1 aromatic heterocycles. The molecule has 4 rings (SSSR count). The molecule has 0 radical (unpaired) electrons. The molecule has 1 saturated carbocycles. The highest BCUT2D eigenvalue weighted by molar-refractivity contribution is 7.80. The Kier molecular flexibility index (Phi) is 7.10. The van der Waals surface area contributed by atoms with E-state index in [1.165, 1.54) is 19.3 Å². The Labute approximate surface area is 194 Å². The van der Waals surface area contributed by atoms with Crippen LogP contribution in [0, 0.1) is 6.92 Å². The number of aromatic nitrogens is 1. The molecule has 0 unspecified atom stereocenters. The summed E-state index contributed by atoms with van der Waals surface area (Å²) in [7, 11) is 0. The lowest BCUT2D eigenvalue weighted by Crippen LogP contribution is -2.44. The Morgan fingerprint density at radius 2 is 1.91 bits per heavy atom. The summed E-state index contributed by atoms with van der Waals surface area (Å²) in [4.78, 5) is 18.2. The van der Waals surface area contributed by atoms with Crippen LogP contribution in [0.2, 0.25) is 0 Å². The van der Waals surface area contributed by atoms with Gasteiger partial charge in [0.2, 0.25) is 0 Å². The third-order valence-corrected chi connectivity index (χ3v) is 6.54. The summed E-state index contributed by atoms with van der Waals surface area (Å²) < 4.78 is 5.53. The molecule has 0 amide bonds. The standard InChI is InChI=1S/C26H31N3O2S/c1-3-31-23-14-12-21(13-15-23)27-26(32)29(22-10-5-4-6-11-22)17-20-16-19-9-7-8-18(2)24(19)28-25(20)30/h7-9,12-16,22H,3-6,10-11,17H2,1-2H3,(H,27,32)(H,28,30). The van der Waals surface area contributed by atoms with Crippen molar-refractivity contribution in [1.82, 2.24) is 9.88 Å². The number of hydrogen-bond donors (Lipinski definition) is 2. The first-order valence-corrected chi connectivity index (χ1v) is 11.9. The van der Waals surface area contributed by atoms with Crippen molar-refractivity contribution in [2.24, 2.45) is 0 Å². The molecule has 3 aromatic rings. The summed E-state index contributed by atoms with van der Waals surface area (Å²) in [5.74, 6) is 0.839. The number of ether oxygens (including phenoxy) is 1. The first-order valence-electron chi connectivity index (χ1n) is 11.5. The number of benzene rings is 2. The minimum Gasteiger partial charge on any atom is -0.494 e. The summed E-state index contributed by atoms with van der Waals surface area (Å²) >= 11 is 5.85. The predicted octanol–water partition coefficient (Wildman–Crippen LogP) is 5.77. The average Bonchev–Trinajstić information content (AvgIpc) is 2.80. The molecule has 1 aliphatic carbocycles. The van der Waals surface area contributed by atoms with Crippen molar-refractivity contribution in [3.63, 3.8) is 0 Å². The number of fused-ring (bicyclic) bond motifs is 1. The van der Waals surface area contributed by atoms with Crippen LogP contribution in [0.3, 0.4) is 0 Å². The maximum atomic E-state index is 12.9. The van der Waals surface area contributed by atoms with Crippen LogP contribution in [0.5, 0.6) is 5.75 Å². The van der Waals surface area contributed by atoms with E-state index in [1.807, 2.05) is 62.4 Å². The smallest absolute Gasteiger partial charge is 0.253 e. The SMILES string of the molecule is CCOc1ccc(NC(=S)N(Cc2cc3cccc(C)c3[nH]c2=O)C2CCCCC2)cc1. The summed E-state index contributed by atoms with van der Waals surface area (Å²) in [6.07, 6.45) is 5.84. The van der Waals surface area contributed by atoms with Crippen molar-refractivity contribution < 1.29 is 4.74 Å². The Morgan fingerprint density at radius 1 is 1.16 bits per heavy atom.